The number of thioether (sulfide) groups is 1. The molecule has 4 rings (SSSR count). The van der Waals surface area contributed by atoms with Crippen molar-refractivity contribution in [1.82, 2.24) is 15.3 Å². The Balaban J connectivity index is 1.73. The van der Waals surface area contributed by atoms with E-state index in [4.69, 9.17) is 0 Å². The summed E-state index contributed by atoms with van der Waals surface area (Å²) in [7, 11) is 0. The van der Waals surface area contributed by atoms with E-state index in [1.165, 1.54) is 17.3 Å². The van der Waals surface area contributed by atoms with Crippen LogP contribution in [0.15, 0.2) is 55.0 Å². The van der Waals surface area contributed by atoms with Crippen molar-refractivity contribution in [3.8, 4) is 11.1 Å². The van der Waals surface area contributed by atoms with Crippen LogP contribution in [0, 0.1) is 0 Å². The first-order chi connectivity index (χ1) is 11.3. The Morgan fingerprint density at radius 1 is 1.13 bits per heavy atom. The van der Waals surface area contributed by atoms with Crippen molar-refractivity contribution in [2.24, 2.45) is 0 Å². The van der Waals surface area contributed by atoms with Gasteiger partial charge < -0.3 is 0 Å². The Morgan fingerprint density at radius 3 is 2.78 bits per heavy atom. The molecule has 0 bridgehead atoms. The number of nitrogens with zero attached hydrogens (tertiary/aromatic N) is 2. The van der Waals surface area contributed by atoms with Crippen LogP contribution in [-0.4, -0.2) is 27.0 Å². The molecular weight excluding hydrogens is 306 g/mol. The fourth-order valence-electron chi connectivity index (χ4n) is 2.87. The van der Waals surface area contributed by atoms with Crippen LogP contribution >= 0.6 is 11.8 Å². The Bertz CT molecular complexity index is 867. The minimum absolute atomic E-state index is 0.168. The number of hydrogen-bond acceptors (Lipinski definition) is 5. The molecule has 3 aromatic rings. The van der Waals surface area contributed by atoms with Gasteiger partial charge >= 0.3 is 0 Å². The predicted octanol–water partition coefficient (Wildman–Crippen LogP) is 3.03. The molecule has 0 spiro atoms. The maximum Gasteiger partial charge on any atom is 0.204 e. The number of carbonyl (C=O) groups is 1. The Morgan fingerprint density at radius 2 is 2.00 bits per heavy atom. The summed E-state index contributed by atoms with van der Waals surface area (Å²) < 4.78 is 0. The van der Waals surface area contributed by atoms with Crippen molar-refractivity contribution in [2.45, 2.75) is 11.8 Å². The van der Waals surface area contributed by atoms with Crippen molar-refractivity contribution < 1.29 is 4.79 Å². The van der Waals surface area contributed by atoms with E-state index in [1.807, 2.05) is 24.4 Å². The summed E-state index contributed by atoms with van der Waals surface area (Å²) in [4.78, 5) is 19.9. The molecule has 1 aromatic carbocycles. The van der Waals surface area contributed by atoms with E-state index in [1.54, 1.807) is 12.4 Å². The molecule has 1 atom stereocenters. The van der Waals surface area contributed by atoms with Gasteiger partial charge in [-0.2, -0.15) is 0 Å². The SMILES string of the molecule is O=C1CNC(Cc2ccc3nccc(-c4ccncc4)c3c2)S1. The number of hydrogen-bond donors (Lipinski definition) is 1. The van der Waals surface area contributed by atoms with Crippen LogP contribution in [0.2, 0.25) is 0 Å². The topological polar surface area (TPSA) is 54.9 Å². The van der Waals surface area contributed by atoms with Crippen LogP contribution in [0.3, 0.4) is 0 Å². The number of rotatable bonds is 3. The second-order valence-electron chi connectivity index (χ2n) is 5.51. The molecule has 1 unspecified atom stereocenters. The minimum Gasteiger partial charge on any atom is -0.297 e. The molecule has 1 N–H and O–H groups in total. The molecule has 5 heteroatoms. The normalized spacial score (nSPS) is 17.7. The number of nitrogens with one attached hydrogen (secondary N) is 1. The van der Waals surface area contributed by atoms with Gasteiger partial charge in [0.15, 0.2) is 0 Å². The largest absolute Gasteiger partial charge is 0.297 e. The van der Waals surface area contributed by atoms with Gasteiger partial charge in [0.2, 0.25) is 5.12 Å². The number of carbonyl (C=O) groups excluding carboxylic acids is 1. The minimum atomic E-state index is 0.168. The zero-order chi connectivity index (χ0) is 15.6. The van der Waals surface area contributed by atoms with Gasteiger partial charge in [-0.15, -0.1) is 0 Å². The van der Waals surface area contributed by atoms with Crippen LogP contribution < -0.4 is 5.32 Å². The van der Waals surface area contributed by atoms with Crippen molar-refractivity contribution >= 4 is 27.8 Å². The van der Waals surface area contributed by atoms with E-state index >= 15 is 0 Å². The highest BCUT2D eigenvalue weighted by Crippen LogP contribution is 2.29. The first kappa shape index (κ1) is 14.4. The first-order valence-corrected chi connectivity index (χ1v) is 8.38. The molecular formula is C18H15N3OS. The Kier molecular flexibility index (Phi) is 3.81. The fourth-order valence-corrected chi connectivity index (χ4v) is 3.80. The van der Waals surface area contributed by atoms with E-state index in [2.05, 4.69) is 33.5 Å². The average molecular weight is 321 g/mol. The maximum absolute atomic E-state index is 11.4. The third kappa shape index (κ3) is 2.98. The molecule has 1 saturated heterocycles. The smallest absolute Gasteiger partial charge is 0.204 e. The fraction of sp³-hybridized carbons (Fsp3) is 0.167. The summed E-state index contributed by atoms with van der Waals surface area (Å²) in [6.07, 6.45) is 6.27. The monoisotopic (exact) mass is 321 g/mol. The standard InChI is InChI=1S/C18H15N3OS/c22-18-11-21-17(23-18)10-12-1-2-16-15(9-12)14(5-8-20-16)13-3-6-19-7-4-13/h1-9,17,21H,10-11H2. The second kappa shape index (κ2) is 6.10. The third-order valence-electron chi connectivity index (χ3n) is 3.97. The highest BCUT2D eigenvalue weighted by atomic mass is 32.2. The molecule has 3 heterocycles. The van der Waals surface area contributed by atoms with Crippen molar-refractivity contribution in [3.63, 3.8) is 0 Å². The first-order valence-electron chi connectivity index (χ1n) is 7.50. The van der Waals surface area contributed by atoms with E-state index in [0.717, 1.165) is 28.5 Å². The molecule has 1 aliphatic heterocycles. The lowest BCUT2D eigenvalue weighted by Gasteiger charge is -2.11. The van der Waals surface area contributed by atoms with Crippen LogP contribution in [-0.2, 0) is 11.2 Å². The maximum atomic E-state index is 11.4. The van der Waals surface area contributed by atoms with Gasteiger partial charge in [0, 0.05) is 24.0 Å². The van der Waals surface area contributed by atoms with Gasteiger partial charge in [0.05, 0.1) is 17.4 Å². The quantitative estimate of drug-likeness (QED) is 0.803. The summed E-state index contributed by atoms with van der Waals surface area (Å²) in [5.41, 5.74) is 4.47. The zero-order valence-electron chi connectivity index (χ0n) is 12.4. The Hall–Kier alpha value is -2.24. The molecule has 1 aliphatic rings. The summed E-state index contributed by atoms with van der Waals surface area (Å²) >= 11 is 1.39. The Labute approximate surface area is 138 Å². The van der Waals surface area contributed by atoms with Gasteiger partial charge in [-0.05, 0) is 53.4 Å². The van der Waals surface area contributed by atoms with Crippen LogP contribution in [0.25, 0.3) is 22.0 Å². The molecule has 2 aromatic heterocycles. The van der Waals surface area contributed by atoms with E-state index < -0.39 is 0 Å². The summed E-state index contributed by atoms with van der Waals surface area (Å²) in [6, 6.07) is 12.4. The van der Waals surface area contributed by atoms with Gasteiger partial charge in [0.1, 0.15) is 0 Å². The third-order valence-corrected chi connectivity index (χ3v) is 4.99. The molecule has 23 heavy (non-hydrogen) atoms. The summed E-state index contributed by atoms with van der Waals surface area (Å²) in [6.45, 7) is 0.465. The van der Waals surface area contributed by atoms with Gasteiger partial charge in [-0.3, -0.25) is 20.1 Å². The summed E-state index contributed by atoms with van der Waals surface area (Å²) in [5.74, 6) is 0. The lowest BCUT2D eigenvalue weighted by atomic mass is 10.00. The lowest BCUT2D eigenvalue weighted by molar-refractivity contribution is -0.109. The molecule has 0 amide bonds. The van der Waals surface area contributed by atoms with E-state index in [9.17, 15) is 4.79 Å². The lowest BCUT2D eigenvalue weighted by Crippen LogP contribution is -2.22. The molecule has 0 aliphatic carbocycles. The number of pyridine rings is 2. The van der Waals surface area contributed by atoms with E-state index in [-0.39, 0.29) is 10.5 Å². The molecule has 1 fully saturated rings. The van der Waals surface area contributed by atoms with Crippen LogP contribution in [0.5, 0.6) is 0 Å². The van der Waals surface area contributed by atoms with Gasteiger partial charge in [0.25, 0.3) is 0 Å². The van der Waals surface area contributed by atoms with Crippen molar-refractivity contribution in [1.29, 1.82) is 0 Å². The number of fused-ring (bicyclic) bond motifs is 1. The molecule has 0 radical (unpaired) electrons. The zero-order valence-corrected chi connectivity index (χ0v) is 13.2. The number of aromatic nitrogens is 2. The highest BCUT2D eigenvalue weighted by molar-refractivity contribution is 8.14. The second-order valence-corrected chi connectivity index (χ2v) is 6.77. The predicted molar refractivity (Wildman–Crippen MR) is 93.1 cm³/mol. The highest BCUT2D eigenvalue weighted by Gasteiger charge is 2.22. The molecule has 4 nitrogen and oxygen atoms in total. The van der Waals surface area contributed by atoms with Crippen LogP contribution in [0.1, 0.15) is 5.56 Å². The van der Waals surface area contributed by atoms with Gasteiger partial charge in [-0.1, -0.05) is 17.8 Å². The summed E-state index contributed by atoms with van der Waals surface area (Å²) in [5, 5.41) is 4.75. The number of benzene rings is 1. The average Bonchev–Trinajstić information content (AvgIpc) is 3.00. The van der Waals surface area contributed by atoms with Crippen molar-refractivity contribution in [2.75, 3.05) is 6.54 Å². The van der Waals surface area contributed by atoms with E-state index in [0.29, 0.717) is 6.54 Å². The van der Waals surface area contributed by atoms with Crippen LogP contribution in [0.4, 0.5) is 0 Å². The molecule has 114 valence electrons. The molecule has 0 saturated carbocycles. The van der Waals surface area contributed by atoms with Crippen molar-refractivity contribution in [3.05, 3.63) is 60.6 Å². The van der Waals surface area contributed by atoms with Gasteiger partial charge in [-0.25, -0.2) is 0 Å².